The Hall–Kier alpha value is -0.260. The van der Waals surface area contributed by atoms with Crippen molar-refractivity contribution in [2.45, 2.75) is 59.8 Å². The van der Waals surface area contributed by atoms with Crippen molar-refractivity contribution >= 4 is 0 Å². The second-order valence-corrected chi connectivity index (χ2v) is 4.11. The standard InChI is InChI=1S/C12H24/c1-5-8-12(4)10-7-6-9-11(2)3/h9,12H,5-8,10H2,1-4H3. The third-order valence-corrected chi connectivity index (χ3v) is 2.24. The number of rotatable bonds is 6. The Morgan fingerprint density at radius 1 is 1.25 bits per heavy atom. The molecule has 1 atom stereocenters. The van der Waals surface area contributed by atoms with Crippen LogP contribution in [0.3, 0.4) is 0 Å². The van der Waals surface area contributed by atoms with Gasteiger partial charge >= 0.3 is 0 Å². The quantitative estimate of drug-likeness (QED) is 0.403. The zero-order valence-corrected chi connectivity index (χ0v) is 9.19. The fourth-order valence-electron chi connectivity index (χ4n) is 1.49. The van der Waals surface area contributed by atoms with Gasteiger partial charge < -0.3 is 0 Å². The molecule has 0 heteroatoms. The van der Waals surface area contributed by atoms with E-state index in [1.807, 2.05) is 0 Å². The molecule has 0 heterocycles. The van der Waals surface area contributed by atoms with Crippen LogP contribution >= 0.6 is 0 Å². The molecular weight excluding hydrogens is 144 g/mol. The van der Waals surface area contributed by atoms with Crippen LogP contribution < -0.4 is 0 Å². The topological polar surface area (TPSA) is 0 Å². The van der Waals surface area contributed by atoms with E-state index in [2.05, 4.69) is 33.8 Å². The summed E-state index contributed by atoms with van der Waals surface area (Å²) < 4.78 is 0. The summed E-state index contributed by atoms with van der Waals surface area (Å²) in [5.74, 6) is 0.931. The van der Waals surface area contributed by atoms with E-state index < -0.39 is 0 Å². The number of hydrogen-bond acceptors (Lipinski definition) is 0. The lowest BCUT2D eigenvalue weighted by Gasteiger charge is -2.07. The molecule has 0 aromatic heterocycles. The van der Waals surface area contributed by atoms with Crippen molar-refractivity contribution in [3.8, 4) is 0 Å². The second-order valence-electron chi connectivity index (χ2n) is 4.11. The van der Waals surface area contributed by atoms with Crippen molar-refractivity contribution in [1.82, 2.24) is 0 Å². The zero-order chi connectivity index (χ0) is 9.40. The summed E-state index contributed by atoms with van der Waals surface area (Å²) in [7, 11) is 0. The van der Waals surface area contributed by atoms with Gasteiger partial charge in [-0.1, -0.05) is 44.8 Å². The molecule has 0 N–H and O–H groups in total. The average Bonchev–Trinajstić information content (AvgIpc) is 1.98. The maximum Gasteiger partial charge on any atom is -0.0348 e. The number of allylic oxidation sites excluding steroid dienone is 2. The van der Waals surface area contributed by atoms with Gasteiger partial charge in [0.2, 0.25) is 0 Å². The lowest BCUT2D eigenvalue weighted by molar-refractivity contribution is 0.471. The van der Waals surface area contributed by atoms with Crippen LogP contribution in [0.2, 0.25) is 0 Å². The number of unbranched alkanes of at least 4 members (excludes halogenated alkanes) is 1. The summed E-state index contributed by atoms with van der Waals surface area (Å²) in [5.41, 5.74) is 1.46. The van der Waals surface area contributed by atoms with Crippen molar-refractivity contribution < 1.29 is 0 Å². The summed E-state index contributed by atoms with van der Waals surface area (Å²) >= 11 is 0. The molecule has 0 aromatic rings. The summed E-state index contributed by atoms with van der Waals surface area (Å²) in [5, 5.41) is 0. The van der Waals surface area contributed by atoms with Gasteiger partial charge in [-0.05, 0) is 32.6 Å². The fraction of sp³-hybridized carbons (Fsp3) is 0.833. The van der Waals surface area contributed by atoms with Crippen molar-refractivity contribution in [1.29, 1.82) is 0 Å². The molecule has 0 spiro atoms. The van der Waals surface area contributed by atoms with Gasteiger partial charge in [0.05, 0.1) is 0 Å². The SMILES string of the molecule is CCCC(C)CCCC=C(C)C. The predicted molar refractivity (Wildman–Crippen MR) is 57.4 cm³/mol. The first-order chi connectivity index (χ1) is 5.66. The molecule has 0 amide bonds. The molecule has 0 aliphatic heterocycles. The molecule has 12 heavy (non-hydrogen) atoms. The smallest absolute Gasteiger partial charge is 0.0348 e. The third kappa shape index (κ3) is 7.84. The summed E-state index contributed by atoms with van der Waals surface area (Å²) in [6.45, 7) is 8.99. The number of hydrogen-bond donors (Lipinski definition) is 0. The first-order valence-electron chi connectivity index (χ1n) is 5.30. The van der Waals surface area contributed by atoms with Crippen molar-refractivity contribution in [3.05, 3.63) is 11.6 Å². The van der Waals surface area contributed by atoms with Gasteiger partial charge in [0, 0.05) is 0 Å². The monoisotopic (exact) mass is 168 g/mol. The van der Waals surface area contributed by atoms with Crippen LogP contribution in [0.5, 0.6) is 0 Å². The Morgan fingerprint density at radius 3 is 2.42 bits per heavy atom. The van der Waals surface area contributed by atoms with Crippen LogP contribution in [0.15, 0.2) is 11.6 Å². The Labute approximate surface area is 78.1 Å². The Kier molecular flexibility index (Phi) is 7.23. The highest BCUT2D eigenvalue weighted by Crippen LogP contribution is 2.14. The largest absolute Gasteiger partial charge is 0.0859 e. The minimum atomic E-state index is 0.931. The molecule has 0 fully saturated rings. The van der Waals surface area contributed by atoms with Crippen LogP contribution in [-0.2, 0) is 0 Å². The molecule has 1 unspecified atom stereocenters. The van der Waals surface area contributed by atoms with E-state index >= 15 is 0 Å². The van der Waals surface area contributed by atoms with Gasteiger partial charge in [0.15, 0.2) is 0 Å². The van der Waals surface area contributed by atoms with Crippen LogP contribution in [0, 0.1) is 5.92 Å². The maximum absolute atomic E-state index is 2.37. The highest BCUT2D eigenvalue weighted by Gasteiger charge is 1.98. The van der Waals surface area contributed by atoms with E-state index in [0.29, 0.717) is 0 Å². The van der Waals surface area contributed by atoms with E-state index in [9.17, 15) is 0 Å². The van der Waals surface area contributed by atoms with Crippen molar-refractivity contribution in [2.24, 2.45) is 5.92 Å². The molecule has 0 bridgehead atoms. The molecule has 0 saturated carbocycles. The van der Waals surface area contributed by atoms with Crippen LogP contribution in [0.25, 0.3) is 0 Å². The molecule has 0 radical (unpaired) electrons. The van der Waals surface area contributed by atoms with E-state index in [1.165, 1.54) is 37.7 Å². The van der Waals surface area contributed by atoms with E-state index in [0.717, 1.165) is 5.92 Å². The molecular formula is C12H24. The minimum absolute atomic E-state index is 0.931. The van der Waals surface area contributed by atoms with Crippen molar-refractivity contribution in [3.63, 3.8) is 0 Å². The molecule has 0 aliphatic carbocycles. The first-order valence-corrected chi connectivity index (χ1v) is 5.30. The lowest BCUT2D eigenvalue weighted by Crippen LogP contribution is -1.92. The third-order valence-electron chi connectivity index (χ3n) is 2.24. The molecule has 0 aliphatic rings. The first kappa shape index (κ1) is 11.7. The van der Waals surface area contributed by atoms with E-state index in [-0.39, 0.29) is 0 Å². The Morgan fingerprint density at radius 2 is 1.92 bits per heavy atom. The van der Waals surface area contributed by atoms with Gasteiger partial charge in [-0.2, -0.15) is 0 Å². The highest BCUT2D eigenvalue weighted by atomic mass is 14.0. The minimum Gasteiger partial charge on any atom is -0.0859 e. The highest BCUT2D eigenvalue weighted by molar-refractivity contribution is 4.92. The van der Waals surface area contributed by atoms with Crippen LogP contribution in [0.4, 0.5) is 0 Å². The van der Waals surface area contributed by atoms with Gasteiger partial charge in [-0.25, -0.2) is 0 Å². The summed E-state index contributed by atoms with van der Waals surface area (Å²) in [4.78, 5) is 0. The predicted octanol–water partition coefficient (Wildman–Crippen LogP) is 4.56. The molecule has 0 saturated heterocycles. The Balaban J connectivity index is 3.25. The van der Waals surface area contributed by atoms with Crippen LogP contribution in [0.1, 0.15) is 59.8 Å². The summed E-state index contributed by atoms with van der Waals surface area (Å²) in [6, 6.07) is 0. The second kappa shape index (κ2) is 7.39. The van der Waals surface area contributed by atoms with Gasteiger partial charge in [0.25, 0.3) is 0 Å². The molecule has 0 rings (SSSR count). The normalized spacial score (nSPS) is 12.7. The summed E-state index contributed by atoms with van der Waals surface area (Å²) in [6.07, 6.45) is 9.12. The van der Waals surface area contributed by atoms with E-state index in [1.54, 1.807) is 0 Å². The van der Waals surface area contributed by atoms with E-state index in [4.69, 9.17) is 0 Å². The molecule has 72 valence electrons. The van der Waals surface area contributed by atoms with Gasteiger partial charge in [-0.3, -0.25) is 0 Å². The lowest BCUT2D eigenvalue weighted by atomic mass is 9.99. The van der Waals surface area contributed by atoms with Crippen LogP contribution in [-0.4, -0.2) is 0 Å². The fourth-order valence-corrected chi connectivity index (χ4v) is 1.49. The Bertz CT molecular complexity index is 118. The van der Waals surface area contributed by atoms with Crippen molar-refractivity contribution in [2.75, 3.05) is 0 Å². The maximum atomic E-state index is 2.37. The zero-order valence-electron chi connectivity index (χ0n) is 9.19. The average molecular weight is 168 g/mol. The molecule has 0 nitrogen and oxygen atoms in total. The molecule has 0 aromatic carbocycles. The van der Waals surface area contributed by atoms with Gasteiger partial charge in [-0.15, -0.1) is 0 Å². The van der Waals surface area contributed by atoms with Gasteiger partial charge in [0.1, 0.15) is 0 Å².